The van der Waals surface area contributed by atoms with Gasteiger partial charge >= 0.3 is 0 Å². The predicted octanol–water partition coefficient (Wildman–Crippen LogP) is 5.33. The first kappa shape index (κ1) is 14.5. The van der Waals surface area contributed by atoms with Crippen molar-refractivity contribution in [1.82, 2.24) is 9.38 Å². The van der Waals surface area contributed by atoms with Crippen molar-refractivity contribution in [1.29, 1.82) is 0 Å². The summed E-state index contributed by atoms with van der Waals surface area (Å²) in [4.78, 5) is 6.00. The van der Waals surface area contributed by atoms with Crippen LogP contribution in [0.3, 0.4) is 0 Å². The van der Waals surface area contributed by atoms with Gasteiger partial charge in [0.2, 0.25) is 0 Å². The molecule has 1 aliphatic rings. The number of hydrogen-bond acceptors (Lipinski definition) is 3. The minimum atomic E-state index is 0.583. The van der Waals surface area contributed by atoms with Crippen molar-refractivity contribution in [3.8, 4) is 11.3 Å². The van der Waals surface area contributed by atoms with Crippen molar-refractivity contribution in [3.63, 3.8) is 0 Å². The molecule has 1 saturated carbocycles. The van der Waals surface area contributed by atoms with E-state index in [9.17, 15) is 0 Å². The van der Waals surface area contributed by atoms with Gasteiger partial charge in [-0.05, 0) is 48.4 Å². The third-order valence-electron chi connectivity index (χ3n) is 4.36. The molecule has 0 amide bonds. The Kier molecular flexibility index (Phi) is 3.86. The number of rotatable bonds is 3. The Bertz CT molecular complexity index is 815. The van der Waals surface area contributed by atoms with Crippen molar-refractivity contribution >= 4 is 44.7 Å². The van der Waals surface area contributed by atoms with E-state index in [2.05, 4.69) is 68.9 Å². The van der Waals surface area contributed by atoms with Crippen molar-refractivity contribution < 1.29 is 0 Å². The maximum Gasteiger partial charge on any atom is 0.196 e. The van der Waals surface area contributed by atoms with Gasteiger partial charge in [-0.25, -0.2) is 4.98 Å². The molecule has 0 saturated heterocycles. The minimum absolute atomic E-state index is 0.583. The first-order valence-electron chi connectivity index (χ1n) is 7.72. The third kappa shape index (κ3) is 2.44. The molecule has 3 aromatic rings. The molecule has 114 valence electrons. The second kappa shape index (κ2) is 5.85. The van der Waals surface area contributed by atoms with E-state index in [-0.39, 0.29) is 0 Å². The van der Waals surface area contributed by atoms with Crippen molar-refractivity contribution in [2.24, 2.45) is 0 Å². The summed E-state index contributed by atoms with van der Waals surface area (Å²) in [6.45, 7) is 2.16. The number of aromatic nitrogens is 2. The molecule has 5 heteroatoms. The molecule has 0 bridgehead atoms. The number of fused-ring (bicyclic) bond motifs is 1. The number of anilines is 1. The van der Waals surface area contributed by atoms with E-state index in [4.69, 9.17) is 4.98 Å². The number of benzene rings is 1. The predicted molar refractivity (Wildman–Crippen MR) is 102 cm³/mol. The maximum atomic E-state index is 4.92. The number of halogens is 1. The Balaban J connectivity index is 1.88. The van der Waals surface area contributed by atoms with Crippen LogP contribution in [0.2, 0.25) is 0 Å². The summed E-state index contributed by atoms with van der Waals surface area (Å²) < 4.78 is 3.53. The summed E-state index contributed by atoms with van der Waals surface area (Å²) in [6, 6.07) is 9.08. The molecule has 1 aromatic carbocycles. The first-order chi connectivity index (χ1) is 10.7. The van der Waals surface area contributed by atoms with Crippen LogP contribution in [0.25, 0.3) is 16.2 Å². The Hall–Kier alpha value is -1.08. The molecule has 2 aromatic heterocycles. The van der Waals surface area contributed by atoms with Crippen molar-refractivity contribution in [2.75, 3.05) is 5.32 Å². The number of aryl methyl sites for hydroxylation is 1. The zero-order chi connectivity index (χ0) is 15.1. The Morgan fingerprint density at radius 2 is 2.05 bits per heavy atom. The van der Waals surface area contributed by atoms with Crippen molar-refractivity contribution in [2.45, 2.75) is 38.6 Å². The Morgan fingerprint density at radius 3 is 2.82 bits per heavy atom. The molecule has 0 atom stereocenters. The lowest BCUT2D eigenvalue weighted by Crippen LogP contribution is -2.16. The van der Waals surface area contributed by atoms with Gasteiger partial charge in [0.1, 0.15) is 11.5 Å². The summed E-state index contributed by atoms with van der Waals surface area (Å²) in [6.07, 6.45) is 5.20. The SMILES string of the molecule is Cc1csc2nc(-c3ccccc3I)c(NC3CCCC3)n12. The van der Waals surface area contributed by atoms with E-state index in [1.807, 2.05) is 0 Å². The average Bonchev–Trinajstić information content (AvgIpc) is 3.21. The second-order valence-electron chi connectivity index (χ2n) is 5.91. The molecule has 2 heterocycles. The lowest BCUT2D eigenvalue weighted by atomic mass is 10.1. The normalized spacial score (nSPS) is 15.7. The largest absolute Gasteiger partial charge is 0.367 e. The van der Waals surface area contributed by atoms with Crippen LogP contribution in [0.5, 0.6) is 0 Å². The van der Waals surface area contributed by atoms with E-state index in [1.165, 1.54) is 46.3 Å². The fourth-order valence-corrected chi connectivity index (χ4v) is 4.74. The highest BCUT2D eigenvalue weighted by Gasteiger charge is 2.22. The number of nitrogens with zero attached hydrogens (tertiary/aromatic N) is 2. The molecule has 0 unspecified atom stereocenters. The summed E-state index contributed by atoms with van der Waals surface area (Å²) in [5.74, 6) is 1.17. The summed E-state index contributed by atoms with van der Waals surface area (Å²) in [5, 5.41) is 5.97. The maximum absolute atomic E-state index is 4.92. The van der Waals surface area contributed by atoms with Gasteiger partial charge in [-0.15, -0.1) is 11.3 Å². The molecule has 0 spiro atoms. The number of imidazole rings is 1. The van der Waals surface area contributed by atoms with Crippen LogP contribution in [0.15, 0.2) is 29.6 Å². The second-order valence-corrected chi connectivity index (χ2v) is 7.91. The van der Waals surface area contributed by atoms with Crippen LogP contribution in [0.1, 0.15) is 31.4 Å². The van der Waals surface area contributed by atoms with Crippen LogP contribution in [0, 0.1) is 10.5 Å². The molecule has 1 aliphatic carbocycles. The molecule has 0 aliphatic heterocycles. The summed E-state index contributed by atoms with van der Waals surface area (Å²) >= 11 is 4.12. The monoisotopic (exact) mass is 423 g/mol. The minimum Gasteiger partial charge on any atom is -0.367 e. The van der Waals surface area contributed by atoms with Gasteiger partial charge in [0.15, 0.2) is 4.96 Å². The summed E-state index contributed by atoms with van der Waals surface area (Å²) in [7, 11) is 0. The van der Waals surface area contributed by atoms with Gasteiger partial charge in [-0.1, -0.05) is 31.0 Å². The molecule has 4 rings (SSSR count). The number of thiazole rings is 1. The van der Waals surface area contributed by atoms with Gasteiger partial charge in [-0.2, -0.15) is 0 Å². The first-order valence-corrected chi connectivity index (χ1v) is 9.68. The van der Waals surface area contributed by atoms with Crippen LogP contribution in [-0.4, -0.2) is 15.4 Å². The highest BCUT2D eigenvalue weighted by molar-refractivity contribution is 14.1. The molecule has 1 N–H and O–H groups in total. The van der Waals surface area contributed by atoms with Gasteiger partial charge in [0, 0.05) is 26.2 Å². The standard InChI is InChI=1S/C17H18IN3S/c1-11-10-22-17-20-15(13-8-4-5-9-14(13)18)16(21(11)17)19-12-6-2-3-7-12/h4-5,8-10,12,19H,2-3,6-7H2,1H3. The van der Waals surface area contributed by atoms with Gasteiger partial charge in [0.25, 0.3) is 0 Å². The Morgan fingerprint density at radius 1 is 1.27 bits per heavy atom. The molecule has 0 radical (unpaired) electrons. The van der Waals surface area contributed by atoms with E-state index in [0.717, 1.165) is 10.7 Å². The van der Waals surface area contributed by atoms with Crippen LogP contribution >= 0.6 is 33.9 Å². The Labute approximate surface area is 147 Å². The quantitative estimate of drug-likeness (QED) is 0.577. The molecular formula is C17H18IN3S. The number of hydrogen-bond donors (Lipinski definition) is 1. The molecule has 3 nitrogen and oxygen atoms in total. The zero-order valence-corrected chi connectivity index (χ0v) is 15.4. The lowest BCUT2D eigenvalue weighted by molar-refractivity contribution is 0.748. The van der Waals surface area contributed by atoms with E-state index >= 15 is 0 Å². The van der Waals surface area contributed by atoms with Gasteiger partial charge in [-0.3, -0.25) is 4.40 Å². The highest BCUT2D eigenvalue weighted by Crippen LogP contribution is 2.36. The fraction of sp³-hybridized carbons (Fsp3) is 0.353. The van der Waals surface area contributed by atoms with E-state index < -0.39 is 0 Å². The lowest BCUT2D eigenvalue weighted by Gasteiger charge is -2.15. The number of nitrogens with one attached hydrogen (secondary N) is 1. The van der Waals surface area contributed by atoms with Crippen LogP contribution in [0.4, 0.5) is 5.82 Å². The van der Waals surface area contributed by atoms with Crippen molar-refractivity contribution in [3.05, 3.63) is 38.9 Å². The zero-order valence-electron chi connectivity index (χ0n) is 12.5. The molecular weight excluding hydrogens is 405 g/mol. The smallest absolute Gasteiger partial charge is 0.196 e. The molecule has 22 heavy (non-hydrogen) atoms. The average molecular weight is 423 g/mol. The van der Waals surface area contributed by atoms with E-state index in [1.54, 1.807) is 11.3 Å². The third-order valence-corrected chi connectivity index (χ3v) is 6.24. The van der Waals surface area contributed by atoms with Gasteiger partial charge in [0.05, 0.1) is 0 Å². The fourth-order valence-electron chi connectivity index (χ4n) is 3.23. The summed E-state index contributed by atoms with van der Waals surface area (Å²) in [5.41, 5.74) is 3.57. The van der Waals surface area contributed by atoms with Crippen LogP contribution < -0.4 is 5.32 Å². The van der Waals surface area contributed by atoms with Gasteiger partial charge < -0.3 is 5.32 Å². The highest BCUT2D eigenvalue weighted by atomic mass is 127. The molecule has 1 fully saturated rings. The van der Waals surface area contributed by atoms with Crippen LogP contribution in [-0.2, 0) is 0 Å². The van der Waals surface area contributed by atoms with E-state index in [0.29, 0.717) is 6.04 Å². The topological polar surface area (TPSA) is 29.3 Å².